The Bertz CT molecular complexity index is 1010. The van der Waals surface area contributed by atoms with Crippen LogP contribution in [0.5, 0.6) is 5.75 Å². The van der Waals surface area contributed by atoms with Crippen molar-refractivity contribution in [3.63, 3.8) is 0 Å². The average molecular weight is 520 g/mol. The van der Waals surface area contributed by atoms with Crippen LogP contribution < -0.4 is 0 Å². The van der Waals surface area contributed by atoms with Gasteiger partial charge in [-0.15, -0.1) is 36.1 Å². The van der Waals surface area contributed by atoms with Crippen LogP contribution in [-0.2, 0) is 35.1 Å². The Morgan fingerprint density at radius 1 is 0.939 bits per heavy atom. The van der Waals surface area contributed by atoms with Gasteiger partial charge >= 0.3 is 41.3 Å². The van der Waals surface area contributed by atoms with Crippen molar-refractivity contribution in [2.24, 2.45) is 0 Å². The Balaban J connectivity index is 0.000000253. The fraction of sp³-hybridized carbons (Fsp3) is 0.355. The van der Waals surface area contributed by atoms with E-state index in [1.54, 1.807) is 30.3 Å². The first-order chi connectivity index (χ1) is 15.3. The van der Waals surface area contributed by atoms with Gasteiger partial charge in [0.05, 0.1) is 0 Å². The predicted octanol–water partition coefficient (Wildman–Crippen LogP) is 8.60. The van der Waals surface area contributed by atoms with Crippen LogP contribution in [0.3, 0.4) is 0 Å². The summed E-state index contributed by atoms with van der Waals surface area (Å²) in [5, 5.41) is 12.5. The van der Waals surface area contributed by atoms with E-state index in [4.69, 9.17) is 0 Å². The summed E-state index contributed by atoms with van der Waals surface area (Å²) in [4.78, 5) is 0. The van der Waals surface area contributed by atoms with Crippen LogP contribution in [0.2, 0.25) is 0 Å². The minimum Gasteiger partial charge on any atom is -0.273 e. The third-order valence-electron chi connectivity index (χ3n) is 4.80. The van der Waals surface area contributed by atoms with Gasteiger partial charge in [-0.05, 0) is 28.0 Å². The summed E-state index contributed by atoms with van der Waals surface area (Å²) in [5.74, 6) is 0.399. The zero-order valence-electron chi connectivity index (χ0n) is 21.7. The molecule has 0 radical (unpaired) electrons. The molecule has 0 atom stereocenters. The topological polar surface area (TPSA) is 20.2 Å². The third kappa shape index (κ3) is 11.7. The number of benzene rings is 2. The van der Waals surface area contributed by atoms with Gasteiger partial charge in [0.1, 0.15) is 5.75 Å². The van der Waals surface area contributed by atoms with Gasteiger partial charge in [-0.25, -0.2) is 12.2 Å². The standard InChI is InChI=1S/C14H22O.C9H7.C5H5.C3H6.Zr/c1-13(2,3)10-7-8-12(15)11(9-10)14(4,5)6;1-2-5-9-7-3-6-8(9)4-1;1-2-4-5-3-1;1-3-2;/h7-9,15H,1-6H3;1-7H;1-3H,4H2;1-2H3;/q;2*-1;;+2. The maximum absolute atomic E-state index is 9.84. The number of hydrogen-bond acceptors (Lipinski definition) is 1. The largest absolute Gasteiger partial charge is 0.273 e. The summed E-state index contributed by atoms with van der Waals surface area (Å²) >= 11 is 1.55. The number of phenolic OH excluding ortho intramolecular Hbond substituents is 1. The Kier molecular flexibility index (Phi) is 12.1. The first-order valence-electron chi connectivity index (χ1n) is 11.5. The molecule has 0 aliphatic heterocycles. The number of aromatic hydroxyl groups is 1. The summed E-state index contributed by atoms with van der Waals surface area (Å²) in [5.41, 5.74) is 2.42. The second kappa shape index (κ2) is 13.7. The fourth-order valence-corrected chi connectivity index (χ4v) is 3.01. The maximum atomic E-state index is 9.84. The molecule has 4 rings (SSSR count). The van der Waals surface area contributed by atoms with Crippen molar-refractivity contribution in [2.45, 2.75) is 72.6 Å². The smallest absolute Gasteiger partial charge is 0.0809 e. The number of rotatable bonds is 0. The van der Waals surface area contributed by atoms with Gasteiger partial charge in [-0.3, -0.25) is 6.08 Å². The Morgan fingerprint density at radius 3 is 2.03 bits per heavy atom. The number of hydrogen-bond donors (Lipinski definition) is 1. The summed E-state index contributed by atoms with van der Waals surface area (Å²) in [7, 11) is 0. The van der Waals surface area contributed by atoms with E-state index in [-0.39, 0.29) is 10.8 Å². The summed E-state index contributed by atoms with van der Waals surface area (Å²) in [6.45, 7) is 17.2. The van der Waals surface area contributed by atoms with E-state index in [2.05, 4.69) is 116 Å². The molecule has 0 spiro atoms. The molecule has 0 saturated heterocycles. The van der Waals surface area contributed by atoms with Gasteiger partial charge in [-0.1, -0.05) is 59.7 Å². The molecule has 0 heterocycles. The zero-order chi connectivity index (χ0) is 25.1. The van der Waals surface area contributed by atoms with Crippen LogP contribution in [0, 0.1) is 6.08 Å². The summed E-state index contributed by atoms with van der Waals surface area (Å²) < 4.78 is 1.51. The van der Waals surface area contributed by atoms with E-state index < -0.39 is 0 Å². The van der Waals surface area contributed by atoms with Crippen molar-refractivity contribution in [1.29, 1.82) is 0 Å². The molecule has 174 valence electrons. The molecule has 3 aromatic carbocycles. The van der Waals surface area contributed by atoms with Crippen molar-refractivity contribution in [2.75, 3.05) is 0 Å². The van der Waals surface area contributed by atoms with E-state index in [0.717, 1.165) is 12.0 Å². The van der Waals surface area contributed by atoms with Gasteiger partial charge in [0.25, 0.3) is 0 Å². The van der Waals surface area contributed by atoms with Gasteiger partial charge in [-0.2, -0.15) is 23.6 Å². The Morgan fingerprint density at radius 2 is 1.58 bits per heavy atom. The third-order valence-corrected chi connectivity index (χ3v) is 4.80. The summed E-state index contributed by atoms with van der Waals surface area (Å²) in [6, 6.07) is 20.6. The quantitative estimate of drug-likeness (QED) is 0.295. The Labute approximate surface area is 216 Å². The van der Waals surface area contributed by atoms with Gasteiger partial charge in [0.2, 0.25) is 0 Å². The van der Waals surface area contributed by atoms with Crippen molar-refractivity contribution >= 4 is 14.0 Å². The molecule has 0 saturated carbocycles. The minimum atomic E-state index is -0.00859. The molecule has 3 aromatic rings. The van der Waals surface area contributed by atoms with Gasteiger partial charge < -0.3 is 5.11 Å². The molecular formula is C31H40OZr. The van der Waals surface area contributed by atoms with Crippen LogP contribution in [0.1, 0.15) is 72.9 Å². The van der Waals surface area contributed by atoms with E-state index in [1.165, 1.54) is 19.5 Å². The van der Waals surface area contributed by atoms with Gasteiger partial charge in [0, 0.05) is 0 Å². The van der Waals surface area contributed by atoms with Crippen LogP contribution in [-0.4, -0.2) is 8.31 Å². The first-order valence-corrected chi connectivity index (χ1v) is 12.7. The summed E-state index contributed by atoms with van der Waals surface area (Å²) in [6.07, 6.45) is 10.0. The van der Waals surface area contributed by atoms with Crippen LogP contribution in [0.25, 0.3) is 10.8 Å². The molecule has 1 nitrogen and oxygen atoms in total. The second-order valence-corrected chi connectivity index (χ2v) is 12.8. The van der Waals surface area contributed by atoms with E-state index >= 15 is 0 Å². The van der Waals surface area contributed by atoms with Crippen molar-refractivity contribution in [3.05, 3.63) is 96.1 Å². The van der Waals surface area contributed by atoms with Gasteiger partial charge in [0.15, 0.2) is 0 Å². The predicted molar refractivity (Wildman–Crippen MR) is 143 cm³/mol. The molecule has 0 aromatic heterocycles. The normalized spacial score (nSPS) is 12.2. The molecule has 0 amide bonds. The number of fused-ring (bicyclic) bond motifs is 1. The minimum absolute atomic E-state index is 0.00859. The zero-order valence-corrected chi connectivity index (χ0v) is 24.1. The molecule has 1 aliphatic rings. The Hall–Kier alpha value is -1.92. The fourth-order valence-electron chi connectivity index (χ4n) is 3.01. The van der Waals surface area contributed by atoms with E-state index in [1.807, 2.05) is 18.2 Å². The van der Waals surface area contributed by atoms with Crippen LogP contribution in [0.15, 0.2) is 78.9 Å². The molecule has 1 aliphatic carbocycles. The monoisotopic (exact) mass is 518 g/mol. The SMILES string of the molecule is CC(C)(C)c1ccc(O)c(C(C)(C)C)c1.C[C](C)=[Zr+2].[C-]1=CC=CC1.c1ccc2[cH-]ccc2c1. The molecule has 0 bridgehead atoms. The molecule has 0 unspecified atom stereocenters. The molecule has 2 heteroatoms. The molecule has 33 heavy (non-hydrogen) atoms. The van der Waals surface area contributed by atoms with E-state index in [9.17, 15) is 5.11 Å². The van der Waals surface area contributed by atoms with Crippen molar-refractivity contribution < 1.29 is 29.3 Å². The van der Waals surface area contributed by atoms with E-state index in [0.29, 0.717) is 5.75 Å². The van der Waals surface area contributed by atoms with Crippen molar-refractivity contribution in [3.8, 4) is 5.75 Å². The van der Waals surface area contributed by atoms with Crippen LogP contribution in [0.4, 0.5) is 0 Å². The average Bonchev–Trinajstić information content (AvgIpc) is 3.41. The first kappa shape index (κ1) is 29.1. The second-order valence-electron chi connectivity index (χ2n) is 10.4. The van der Waals surface area contributed by atoms with Crippen LogP contribution >= 0.6 is 0 Å². The molecular weight excluding hydrogens is 480 g/mol. The molecule has 0 fully saturated rings. The van der Waals surface area contributed by atoms with Crippen molar-refractivity contribution in [1.82, 2.24) is 0 Å². The maximum Gasteiger partial charge on any atom is -0.0809 e. The molecule has 1 N–H and O–H groups in total. The number of allylic oxidation sites excluding steroid dienone is 4. The number of phenols is 1.